The van der Waals surface area contributed by atoms with E-state index in [4.69, 9.17) is 4.74 Å². The van der Waals surface area contributed by atoms with E-state index in [2.05, 4.69) is 5.32 Å². The zero-order valence-corrected chi connectivity index (χ0v) is 11.0. The Balaban J connectivity index is 1.66. The first-order valence-electron chi connectivity index (χ1n) is 5.97. The number of hydrogen-bond acceptors (Lipinski definition) is 4. The summed E-state index contributed by atoms with van der Waals surface area (Å²) in [6.07, 6.45) is 1.98. The Morgan fingerprint density at radius 1 is 1.37 bits per heavy atom. The maximum atomic E-state index is 13.3. The summed E-state index contributed by atoms with van der Waals surface area (Å²) in [6.45, 7) is -0.271. The van der Waals surface area contributed by atoms with Gasteiger partial charge in [-0.3, -0.25) is 9.59 Å². The van der Waals surface area contributed by atoms with Gasteiger partial charge in [-0.25, -0.2) is 4.39 Å². The third-order valence-corrected chi connectivity index (χ3v) is 3.51. The van der Waals surface area contributed by atoms with E-state index in [1.165, 1.54) is 6.07 Å². The van der Waals surface area contributed by atoms with Crippen molar-refractivity contribution in [2.24, 2.45) is 0 Å². The molecule has 0 spiro atoms. The number of carbonyl (C=O) groups is 2. The van der Waals surface area contributed by atoms with E-state index in [1.807, 2.05) is 0 Å². The normalized spacial score (nSPS) is 13.9. The van der Waals surface area contributed by atoms with Crippen LogP contribution in [-0.2, 0) is 14.3 Å². The third kappa shape index (κ3) is 4.90. The fraction of sp³-hybridized carbons (Fsp3) is 0.385. The smallest absolute Gasteiger partial charge is 0.316 e. The van der Waals surface area contributed by atoms with Crippen molar-refractivity contribution in [3.63, 3.8) is 0 Å². The summed E-state index contributed by atoms with van der Waals surface area (Å²) in [6, 6.07) is 6.45. The van der Waals surface area contributed by atoms with Crippen LogP contribution in [-0.4, -0.2) is 30.3 Å². The van der Waals surface area contributed by atoms with Crippen molar-refractivity contribution in [2.75, 3.05) is 12.4 Å². The zero-order chi connectivity index (χ0) is 13.7. The molecule has 6 heteroatoms. The van der Waals surface area contributed by atoms with Crippen LogP contribution in [0.5, 0.6) is 0 Å². The highest BCUT2D eigenvalue weighted by molar-refractivity contribution is 8.00. The van der Waals surface area contributed by atoms with E-state index >= 15 is 0 Å². The maximum absolute atomic E-state index is 13.3. The van der Waals surface area contributed by atoms with Gasteiger partial charge in [0.15, 0.2) is 6.61 Å². The largest absolute Gasteiger partial charge is 0.455 e. The molecule has 0 aliphatic heterocycles. The van der Waals surface area contributed by atoms with E-state index in [0.29, 0.717) is 4.90 Å². The molecule has 0 aromatic heterocycles. The number of thioether (sulfide) groups is 1. The predicted octanol–water partition coefficient (Wildman–Crippen LogP) is 1.74. The van der Waals surface area contributed by atoms with Crippen molar-refractivity contribution in [1.82, 2.24) is 5.32 Å². The lowest BCUT2D eigenvalue weighted by Gasteiger charge is -2.05. The molecule has 0 unspecified atom stereocenters. The quantitative estimate of drug-likeness (QED) is 0.638. The monoisotopic (exact) mass is 283 g/mol. The molecule has 102 valence electrons. The summed E-state index contributed by atoms with van der Waals surface area (Å²) in [5.41, 5.74) is 0. The SMILES string of the molecule is O=C(COC(=O)CSc1ccccc1F)NC1CC1. The number of halogens is 1. The Labute approximate surface area is 114 Å². The van der Waals surface area contributed by atoms with Gasteiger partial charge in [0.2, 0.25) is 0 Å². The summed E-state index contributed by atoms with van der Waals surface area (Å²) in [5, 5.41) is 2.71. The molecule has 4 nitrogen and oxygen atoms in total. The van der Waals surface area contributed by atoms with Crippen LogP contribution < -0.4 is 5.32 Å². The third-order valence-electron chi connectivity index (χ3n) is 2.49. The molecule has 0 atom stereocenters. The molecule has 1 aliphatic carbocycles. The number of carbonyl (C=O) groups excluding carboxylic acids is 2. The Hall–Kier alpha value is -1.56. The molecule has 1 amide bonds. The highest BCUT2D eigenvalue weighted by Gasteiger charge is 2.23. The minimum atomic E-state index is -0.529. The second-order valence-corrected chi connectivity index (χ2v) is 5.24. The van der Waals surface area contributed by atoms with Gasteiger partial charge < -0.3 is 10.1 Å². The standard InChI is InChI=1S/C13H14FNO3S/c14-10-3-1-2-4-11(10)19-8-13(17)18-7-12(16)15-9-5-6-9/h1-4,9H,5-8H2,(H,15,16). The van der Waals surface area contributed by atoms with Gasteiger partial charge in [-0.1, -0.05) is 12.1 Å². The maximum Gasteiger partial charge on any atom is 0.316 e. The van der Waals surface area contributed by atoms with Gasteiger partial charge in [-0.05, 0) is 25.0 Å². The number of benzene rings is 1. The first-order chi connectivity index (χ1) is 9.15. The van der Waals surface area contributed by atoms with Crippen LogP contribution in [0.1, 0.15) is 12.8 Å². The number of amides is 1. The van der Waals surface area contributed by atoms with Crippen molar-refractivity contribution in [3.05, 3.63) is 30.1 Å². The average molecular weight is 283 g/mol. The minimum Gasteiger partial charge on any atom is -0.455 e. The molecule has 1 fully saturated rings. The molecule has 0 saturated heterocycles. The molecular formula is C13H14FNO3S. The number of nitrogens with one attached hydrogen (secondary N) is 1. The van der Waals surface area contributed by atoms with Crippen LogP contribution in [0.2, 0.25) is 0 Å². The number of hydrogen-bond donors (Lipinski definition) is 1. The summed E-state index contributed by atoms with van der Waals surface area (Å²) in [4.78, 5) is 23.0. The average Bonchev–Trinajstić information content (AvgIpc) is 3.19. The first-order valence-corrected chi connectivity index (χ1v) is 6.96. The molecule has 19 heavy (non-hydrogen) atoms. The van der Waals surface area contributed by atoms with E-state index in [1.54, 1.807) is 18.2 Å². The number of esters is 1. The summed E-state index contributed by atoms with van der Waals surface area (Å²) >= 11 is 1.05. The highest BCUT2D eigenvalue weighted by atomic mass is 32.2. The van der Waals surface area contributed by atoms with Crippen molar-refractivity contribution in [1.29, 1.82) is 0 Å². The summed E-state index contributed by atoms with van der Waals surface area (Å²) < 4.78 is 18.1. The zero-order valence-electron chi connectivity index (χ0n) is 10.2. The van der Waals surface area contributed by atoms with Crippen molar-refractivity contribution in [2.45, 2.75) is 23.8 Å². The van der Waals surface area contributed by atoms with Gasteiger partial charge >= 0.3 is 5.97 Å². The lowest BCUT2D eigenvalue weighted by molar-refractivity contribution is -0.145. The predicted molar refractivity (Wildman–Crippen MR) is 69.2 cm³/mol. The number of rotatable bonds is 6. The Morgan fingerprint density at radius 3 is 2.79 bits per heavy atom. The second-order valence-electron chi connectivity index (χ2n) is 4.22. The Morgan fingerprint density at radius 2 is 2.11 bits per heavy atom. The van der Waals surface area contributed by atoms with Crippen LogP contribution in [0.25, 0.3) is 0 Å². The van der Waals surface area contributed by atoms with Crippen molar-refractivity contribution in [3.8, 4) is 0 Å². The van der Waals surface area contributed by atoms with Gasteiger partial charge in [0.1, 0.15) is 5.82 Å². The topological polar surface area (TPSA) is 55.4 Å². The van der Waals surface area contributed by atoms with E-state index in [0.717, 1.165) is 24.6 Å². The van der Waals surface area contributed by atoms with Gasteiger partial charge in [0, 0.05) is 10.9 Å². The lowest BCUT2D eigenvalue weighted by atomic mass is 10.3. The molecule has 1 aromatic rings. The second kappa shape index (κ2) is 6.56. The number of ether oxygens (including phenoxy) is 1. The highest BCUT2D eigenvalue weighted by Crippen LogP contribution is 2.21. The van der Waals surface area contributed by atoms with Crippen LogP contribution >= 0.6 is 11.8 Å². The summed E-state index contributed by atoms with van der Waals surface area (Å²) in [5.74, 6) is -1.20. The van der Waals surface area contributed by atoms with Crippen molar-refractivity contribution < 1.29 is 18.7 Å². The minimum absolute atomic E-state index is 0.0162. The molecule has 1 aromatic carbocycles. The first kappa shape index (κ1) is 13.9. The van der Waals surface area contributed by atoms with Gasteiger partial charge in [0.05, 0.1) is 5.75 Å². The van der Waals surface area contributed by atoms with Crippen molar-refractivity contribution >= 4 is 23.6 Å². The molecule has 0 heterocycles. The van der Waals surface area contributed by atoms with E-state index in [-0.39, 0.29) is 30.1 Å². The van der Waals surface area contributed by atoms with E-state index < -0.39 is 5.97 Å². The Bertz CT molecular complexity index is 477. The van der Waals surface area contributed by atoms with E-state index in [9.17, 15) is 14.0 Å². The fourth-order valence-electron chi connectivity index (χ4n) is 1.38. The van der Waals surface area contributed by atoms with Gasteiger partial charge in [-0.15, -0.1) is 11.8 Å². The lowest BCUT2D eigenvalue weighted by Crippen LogP contribution is -2.30. The molecule has 0 bridgehead atoms. The van der Waals surface area contributed by atoms with Gasteiger partial charge in [-0.2, -0.15) is 0 Å². The summed E-state index contributed by atoms with van der Waals surface area (Å²) in [7, 11) is 0. The molecule has 1 aliphatic rings. The van der Waals surface area contributed by atoms with Crippen LogP contribution in [0, 0.1) is 5.82 Å². The Kier molecular flexibility index (Phi) is 4.79. The molecule has 1 N–H and O–H groups in total. The van der Waals surface area contributed by atoms with Crippen LogP contribution in [0.15, 0.2) is 29.2 Å². The van der Waals surface area contributed by atoms with Gasteiger partial charge in [0.25, 0.3) is 5.91 Å². The molecule has 2 rings (SSSR count). The van der Waals surface area contributed by atoms with Crippen LogP contribution in [0.4, 0.5) is 4.39 Å². The molecule has 1 saturated carbocycles. The fourth-order valence-corrected chi connectivity index (χ4v) is 2.12. The molecular weight excluding hydrogens is 269 g/mol. The van der Waals surface area contributed by atoms with Crippen LogP contribution in [0.3, 0.4) is 0 Å². The molecule has 0 radical (unpaired) electrons.